The van der Waals surface area contributed by atoms with Crippen molar-refractivity contribution in [2.75, 3.05) is 19.7 Å². The molecule has 0 spiro atoms. The molecule has 1 fully saturated rings. The number of aryl methyl sites for hydroxylation is 1. The van der Waals surface area contributed by atoms with Gasteiger partial charge in [0, 0.05) is 19.5 Å². The van der Waals surface area contributed by atoms with Crippen molar-refractivity contribution in [3.05, 3.63) is 71.3 Å². The Bertz CT molecular complexity index is 897. The lowest BCUT2D eigenvalue weighted by atomic mass is 10.1. The Morgan fingerprint density at radius 3 is 2.57 bits per heavy atom. The largest absolute Gasteiger partial charge is 0.455 e. The molecule has 3 rings (SSSR count). The summed E-state index contributed by atoms with van der Waals surface area (Å²) >= 11 is 0. The number of carbonyl (C=O) groups excluding carboxylic acids is 3. The molecular weight excluding hydrogens is 380 g/mol. The van der Waals surface area contributed by atoms with Crippen molar-refractivity contribution in [3.63, 3.8) is 0 Å². The zero-order chi connectivity index (χ0) is 21.5. The predicted molar refractivity (Wildman–Crippen MR) is 114 cm³/mol. The molecular formula is C24H28N2O4. The van der Waals surface area contributed by atoms with Gasteiger partial charge in [0.1, 0.15) is 0 Å². The van der Waals surface area contributed by atoms with Crippen LogP contribution in [0.15, 0.2) is 54.6 Å². The standard InChI is InChI=1S/C24H28N2O4/c1-17-8-6-7-9-19(17)12-13-25-22(27)16-30-24(29)21-14-23(28)26(15-21)18(2)20-10-4-3-5-11-20/h3-11,18,21H,12-16H2,1-2H3,(H,25,27)/t18-,21+/m1/s1. The van der Waals surface area contributed by atoms with Crippen LogP contribution in [-0.4, -0.2) is 42.4 Å². The average Bonchev–Trinajstić information content (AvgIpc) is 3.15. The van der Waals surface area contributed by atoms with Crippen LogP contribution >= 0.6 is 0 Å². The Morgan fingerprint density at radius 2 is 1.83 bits per heavy atom. The number of carbonyl (C=O) groups is 3. The quantitative estimate of drug-likeness (QED) is 0.682. The predicted octanol–water partition coefficient (Wildman–Crippen LogP) is 2.81. The molecule has 1 N–H and O–H groups in total. The van der Waals surface area contributed by atoms with Crippen LogP contribution < -0.4 is 5.32 Å². The molecule has 2 aromatic carbocycles. The average molecular weight is 408 g/mol. The maximum Gasteiger partial charge on any atom is 0.311 e. The van der Waals surface area contributed by atoms with E-state index in [-0.39, 0.29) is 30.9 Å². The van der Waals surface area contributed by atoms with E-state index in [1.54, 1.807) is 4.90 Å². The molecule has 2 amide bonds. The van der Waals surface area contributed by atoms with E-state index in [0.717, 1.165) is 12.0 Å². The zero-order valence-corrected chi connectivity index (χ0v) is 17.5. The molecule has 1 saturated heterocycles. The van der Waals surface area contributed by atoms with Gasteiger partial charge in [0.05, 0.1) is 12.0 Å². The number of nitrogens with zero attached hydrogens (tertiary/aromatic N) is 1. The van der Waals surface area contributed by atoms with Crippen LogP contribution in [0.1, 0.15) is 36.1 Å². The molecule has 6 heteroatoms. The lowest BCUT2D eigenvalue weighted by molar-refractivity contribution is -0.152. The van der Waals surface area contributed by atoms with E-state index < -0.39 is 11.9 Å². The summed E-state index contributed by atoms with van der Waals surface area (Å²) in [5.74, 6) is -1.45. The number of amides is 2. The smallest absolute Gasteiger partial charge is 0.311 e. The van der Waals surface area contributed by atoms with Gasteiger partial charge in [-0.2, -0.15) is 0 Å². The zero-order valence-electron chi connectivity index (χ0n) is 17.5. The third-order valence-electron chi connectivity index (χ3n) is 5.56. The third-order valence-corrected chi connectivity index (χ3v) is 5.56. The lowest BCUT2D eigenvalue weighted by Gasteiger charge is -2.25. The van der Waals surface area contributed by atoms with Gasteiger partial charge >= 0.3 is 5.97 Å². The van der Waals surface area contributed by atoms with Crippen molar-refractivity contribution < 1.29 is 19.1 Å². The normalized spacial score (nSPS) is 16.9. The van der Waals surface area contributed by atoms with E-state index in [2.05, 4.69) is 5.32 Å². The van der Waals surface area contributed by atoms with Gasteiger partial charge in [-0.25, -0.2) is 0 Å². The molecule has 0 bridgehead atoms. The van der Waals surface area contributed by atoms with Gasteiger partial charge in [0.15, 0.2) is 6.61 Å². The number of nitrogens with one attached hydrogen (secondary N) is 1. The highest BCUT2D eigenvalue weighted by Gasteiger charge is 2.38. The second-order valence-electron chi connectivity index (χ2n) is 7.67. The fraction of sp³-hybridized carbons (Fsp3) is 0.375. The summed E-state index contributed by atoms with van der Waals surface area (Å²) in [6.45, 7) is 4.44. The van der Waals surface area contributed by atoms with Crippen molar-refractivity contribution >= 4 is 17.8 Å². The highest BCUT2D eigenvalue weighted by atomic mass is 16.5. The number of hydrogen-bond donors (Lipinski definition) is 1. The SMILES string of the molecule is Cc1ccccc1CCNC(=O)COC(=O)[C@H]1CC(=O)N([C@H](C)c2ccccc2)C1. The summed E-state index contributed by atoms with van der Waals surface area (Å²) in [5, 5.41) is 2.77. The fourth-order valence-electron chi connectivity index (χ4n) is 3.71. The van der Waals surface area contributed by atoms with E-state index in [0.29, 0.717) is 13.1 Å². The van der Waals surface area contributed by atoms with Crippen LogP contribution in [-0.2, 0) is 25.5 Å². The summed E-state index contributed by atoms with van der Waals surface area (Å²) in [4.78, 5) is 38.4. The summed E-state index contributed by atoms with van der Waals surface area (Å²) in [6, 6.07) is 17.6. The first kappa shape index (κ1) is 21.6. The molecule has 158 valence electrons. The Hall–Kier alpha value is -3.15. The van der Waals surface area contributed by atoms with Crippen molar-refractivity contribution in [1.82, 2.24) is 10.2 Å². The summed E-state index contributed by atoms with van der Waals surface area (Å²) < 4.78 is 5.17. The van der Waals surface area contributed by atoms with E-state index in [1.807, 2.05) is 68.4 Å². The molecule has 0 aromatic heterocycles. The number of ether oxygens (including phenoxy) is 1. The van der Waals surface area contributed by atoms with E-state index >= 15 is 0 Å². The summed E-state index contributed by atoms with van der Waals surface area (Å²) in [6.07, 6.45) is 0.834. The van der Waals surface area contributed by atoms with Gasteiger partial charge in [-0.15, -0.1) is 0 Å². The Labute approximate surface area is 177 Å². The highest BCUT2D eigenvalue weighted by Crippen LogP contribution is 2.28. The van der Waals surface area contributed by atoms with Gasteiger partial charge in [-0.05, 0) is 37.0 Å². The molecule has 2 aromatic rings. The monoisotopic (exact) mass is 408 g/mol. The molecule has 1 heterocycles. The molecule has 6 nitrogen and oxygen atoms in total. The Balaban J connectivity index is 1.42. The summed E-state index contributed by atoms with van der Waals surface area (Å²) in [5.41, 5.74) is 3.37. The lowest BCUT2D eigenvalue weighted by Crippen LogP contribution is -2.33. The highest BCUT2D eigenvalue weighted by molar-refractivity contribution is 5.88. The first-order valence-electron chi connectivity index (χ1n) is 10.3. The molecule has 1 aliphatic rings. The molecule has 0 unspecified atom stereocenters. The number of likely N-dealkylation sites (tertiary alicyclic amines) is 1. The minimum absolute atomic E-state index is 0.0732. The third kappa shape index (κ3) is 5.47. The maximum atomic E-state index is 12.4. The summed E-state index contributed by atoms with van der Waals surface area (Å²) in [7, 11) is 0. The molecule has 30 heavy (non-hydrogen) atoms. The molecule has 0 aliphatic carbocycles. The van der Waals surface area contributed by atoms with Gasteiger partial charge in [0.25, 0.3) is 5.91 Å². The van der Waals surface area contributed by atoms with E-state index in [4.69, 9.17) is 4.74 Å². The van der Waals surface area contributed by atoms with Crippen molar-refractivity contribution in [2.24, 2.45) is 5.92 Å². The Morgan fingerprint density at radius 1 is 1.13 bits per heavy atom. The maximum absolute atomic E-state index is 12.4. The number of hydrogen-bond acceptors (Lipinski definition) is 4. The molecule has 0 saturated carbocycles. The molecule has 0 radical (unpaired) electrons. The van der Waals surface area contributed by atoms with Crippen LogP contribution in [0.2, 0.25) is 0 Å². The van der Waals surface area contributed by atoms with Crippen molar-refractivity contribution in [1.29, 1.82) is 0 Å². The van der Waals surface area contributed by atoms with Crippen LogP contribution in [0.5, 0.6) is 0 Å². The van der Waals surface area contributed by atoms with Crippen LogP contribution in [0.3, 0.4) is 0 Å². The van der Waals surface area contributed by atoms with E-state index in [1.165, 1.54) is 11.1 Å². The fourth-order valence-corrected chi connectivity index (χ4v) is 3.71. The second kappa shape index (κ2) is 10.1. The van der Waals surface area contributed by atoms with Crippen molar-refractivity contribution in [3.8, 4) is 0 Å². The molecule has 1 aliphatic heterocycles. The molecule has 2 atom stereocenters. The first-order chi connectivity index (χ1) is 14.5. The minimum Gasteiger partial charge on any atom is -0.455 e. The second-order valence-corrected chi connectivity index (χ2v) is 7.67. The van der Waals surface area contributed by atoms with Crippen LogP contribution in [0.25, 0.3) is 0 Å². The number of rotatable bonds is 8. The van der Waals surface area contributed by atoms with Crippen molar-refractivity contribution in [2.45, 2.75) is 32.7 Å². The van der Waals surface area contributed by atoms with E-state index in [9.17, 15) is 14.4 Å². The topological polar surface area (TPSA) is 75.7 Å². The van der Waals surface area contributed by atoms with Gasteiger partial charge in [0.2, 0.25) is 5.91 Å². The Kier molecular flexibility index (Phi) is 7.22. The van der Waals surface area contributed by atoms with Crippen LogP contribution in [0.4, 0.5) is 0 Å². The number of esters is 1. The van der Waals surface area contributed by atoms with Gasteiger partial charge in [-0.3, -0.25) is 14.4 Å². The number of benzene rings is 2. The van der Waals surface area contributed by atoms with Crippen LogP contribution in [0, 0.1) is 12.8 Å². The van der Waals surface area contributed by atoms with Gasteiger partial charge in [-0.1, -0.05) is 54.6 Å². The van der Waals surface area contributed by atoms with Gasteiger partial charge < -0.3 is 15.0 Å². The first-order valence-corrected chi connectivity index (χ1v) is 10.3. The minimum atomic E-state index is -0.538.